The third kappa shape index (κ3) is 3.05. The van der Waals surface area contributed by atoms with Gasteiger partial charge in [-0.3, -0.25) is 4.57 Å². The summed E-state index contributed by atoms with van der Waals surface area (Å²) in [7, 11) is 0. The molecule has 0 N–H and O–H groups in total. The molecule has 10 rings (SSSR count). The van der Waals surface area contributed by atoms with E-state index in [1.165, 1.54) is 0 Å². The lowest BCUT2D eigenvalue weighted by Crippen LogP contribution is -2.03. The molecule has 4 heterocycles. The number of hydrogen-bond acceptors (Lipinski definition) is 4. The lowest BCUT2D eigenvalue weighted by molar-refractivity contribution is 0.670. The second kappa shape index (κ2) is 8.30. The van der Waals surface area contributed by atoms with Crippen LogP contribution in [0.15, 0.2) is 136 Å². The molecule has 4 aromatic heterocycles. The Balaban J connectivity index is 1.39. The zero-order valence-electron chi connectivity index (χ0n) is 22.8. The summed E-state index contributed by atoms with van der Waals surface area (Å²) >= 11 is 0. The van der Waals surface area contributed by atoms with Crippen molar-refractivity contribution in [2.75, 3.05) is 0 Å². The highest BCUT2D eigenvalue weighted by Crippen LogP contribution is 2.42. The van der Waals surface area contributed by atoms with Gasteiger partial charge >= 0.3 is 0 Å². The van der Waals surface area contributed by atoms with Gasteiger partial charge in [0.2, 0.25) is 5.95 Å². The van der Waals surface area contributed by atoms with Gasteiger partial charge in [0.1, 0.15) is 22.3 Å². The molecule has 5 heteroatoms. The summed E-state index contributed by atoms with van der Waals surface area (Å²) in [5, 5.41) is 7.42. The molecule has 0 aliphatic heterocycles. The molecule has 43 heavy (non-hydrogen) atoms. The van der Waals surface area contributed by atoms with Crippen molar-refractivity contribution in [1.82, 2.24) is 14.5 Å². The van der Waals surface area contributed by atoms with E-state index in [2.05, 4.69) is 83.4 Å². The Morgan fingerprint density at radius 1 is 0.465 bits per heavy atom. The number of benzene rings is 6. The number of aromatic nitrogens is 3. The molecule has 0 spiro atoms. The predicted molar refractivity (Wildman–Crippen MR) is 174 cm³/mol. The number of nitrogens with zero attached hydrogens (tertiary/aromatic N) is 3. The van der Waals surface area contributed by atoms with E-state index in [-0.39, 0.29) is 0 Å². The van der Waals surface area contributed by atoms with Crippen molar-refractivity contribution in [1.29, 1.82) is 0 Å². The van der Waals surface area contributed by atoms with E-state index in [4.69, 9.17) is 18.8 Å². The summed E-state index contributed by atoms with van der Waals surface area (Å²) in [5.41, 5.74) is 7.96. The molecule has 0 atom stereocenters. The van der Waals surface area contributed by atoms with Gasteiger partial charge in [-0.2, -0.15) is 0 Å². The SMILES string of the molecule is c1ccc(-c2nc(-n3c4ccccc4c4ccc5c6ccccc6oc5c43)nc3ccc4c5ccccc5oc4c23)cc1. The van der Waals surface area contributed by atoms with E-state index >= 15 is 0 Å². The van der Waals surface area contributed by atoms with Crippen LogP contribution >= 0.6 is 0 Å². The molecule has 0 bridgehead atoms. The molecule has 0 aliphatic rings. The summed E-state index contributed by atoms with van der Waals surface area (Å²) < 4.78 is 15.2. The lowest BCUT2D eigenvalue weighted by Gasteiger charge is -2.12. The van der Waals surface area contributed by atoms with E-state index in [0.717, 1.165) is 87.8 Å². The van der Waals surface area contributed by atoms with Gasteiger partial charge in [0.25, 0.3) is 0 Å². The molecular weight excluding hydrogens is 530 g/mol. The van der Waals surface area contributed by atoms with Crippen molar-refractivity contribution in [3.63, 3.8) is 0 Å². The molecular formula is C38H21N3O2. The average molecular weight is 552 g/mol. The Hall–Kier alpha value is -5.94. The highest BCUT2D eigenvalue weighted by atomic mass is 16.3. The van der Waals surface area contributed by atoms with Gasteiger partial charge in [-0.05, 0) is 36.4 Å². The van der Waals surface area contributed by atoms with E-state index in [1.807, 2.05) is 48.5 Å². The van der Waals surface area contributed by atoms with Crippen molar-refractivity contribution < 1.29 is 8.83 Å². The van der Waals surface area contributed by atoms with Crippen LogP contribution in [-0.2, 0) is 0 Å². The van der Waals surface area contributed by atoms with Gasteiger partial charge in [0, 0.05) is 37.9 Å². The molecule has 0 saturated heterocycles. The Morgan fingerprint density at radius 2 is 1.07 bits per heavy atom. The van der Waals surface area contributed by atoms with Crippen LogP contribution in [0.1, 0.15) is 0 Å². The fourth-order valence-electron chi connectivity index (χ4n) is 6.73. The molecule has 0 radical (unpaired) electrons. The van der Waals surface area contributed by atoms with Gasteiger partial charge in [0.15, 0.2) is 5.58 Å². The third-order valence-corrected chi connectivity index (χ3v) is 8.62. The summed E-state index contributed by atoms with van der Waals surface area (Å²) in [6, 6.07) is 43.6. The van der Waals surface area contributed by atoms with Gasteiger partial charge in [-0.15, -0.1) is 0 Å². The fourth-order valence-corrected chi connectivity index (χ4v) is 6.73. The third-order valence-electron chi connectivity index (χ3n) is 8.62. The highest BCUT2D eigenvalue weighted by molar-refractivity contribution is 6.22. The van der Waals surface area contributed by atoms with Crippen LogP contribution in [0.5, 0.6) is 0 Å². The van der Waals surface area contributed by atoms with E-state index < -0.39 is 0 Å². The maximum absolute atomic E-state index is 6.56. The Kier molecular flexibility index (Phi) is 4.39. The van der Waals surface area contributed by atoms with Crippen molar-refractivity contribution in [2.45, 2.75) is 0 Å². The highest BCUT2D eigenvalue weighted by Gasteiger charge is 2.23. The maximum atomic E-state index is 6.56. The standard InChI is InChI=1S/C38H21N3O2/c1-2-10-22(11-3-1)34-33-29(21-20-27-24-13-5-8-16-31(24)42-36(27)33)39-38(40-34)41-30-15-7-4-12-23(30)26-18-19-28-25-14-6-9-17-32(25)43-37(28)35(26)41/h1-21H. The normalized spacial score (nSPS) is 12.2. The van der Waals surface area contributed by atoms with Crippen molar-refractivity contribution in [2.24, 2.45) is 0 Å². The maximum Gasteiger partial charge on any atom is 0.235 e. The minimum absolute atomic E-state index is 0.584. The van der Waals surface area contributed by atoms with Crippen LogP contribution < -0.4 is 0 Å². The predicted octanol–water partition coefficient (Wildman–Crippen LogP) is 10.2. The minimum atomic E-state index is 0.584. The summed E-state index contributed by atoms with van der Waals surface area (Å²) in [6.07, 6.45) is 0. The van der Waals surface area contributed by atoms with Crippen molar-refractivity contribution >= 4 is 76.6 Å². The number of fused-ring (bicyclic) bond motifs is 12. The smallest absolute Gasteiger partial charge is 0.235 e. The Labute approximate surface area is 244 Å². The van der Waals surface area contributed by atoms with Crippen LogP contribution in [0, 0.1) is 0 Å². The van der Waals surface area contributed by atoms with Crippen LogP contribution in [0.25, 0.3) is 93.8 Å². The summed E-state index contributed by atoms with van der Waals surface area (Å²) in [5.74, 6) is 0.584. The minimum Gasteiger partial charge on any atom is -0.455 e. The zero-order valence-corrected chi connectivity index (χ0v) is 22.8. The van der Waals surface area contributed by atoms with Crippen LogP contribution in [0.2, 0.25) is 0 Å². The quantitative estimate of drug-likeness (QED) is 0.214. The molecule has 0 amide bonds. The molecule has 0 saturated carbocycles. The van der Waals surface area contributed by atoms with Gasteiger partial charge in [0.05, 0.1) is 22.1 Å². The van der Waals surface area contributed by atoms with E-state index in [1.54, 1.807) is 0 Å². The lowest BCUT2D eigenvalue weighted by atomic mass is 10.0. The summed E-state index contributed by atoms with van der Waals surface area (Å²) in [4.78, 5) is 10.6. The van der Waals surface area contributed by atoms with Crippen LogP contribution in [-0.4, -0.2) is 14.5 Å². The van der Waals surface area contributed by atoms with Gasteiger partial charge in [-0.1, -0.05) is 91.0 Å². The topological polar surface area (TPSA) is 57.0 Å². The number of hydrogen-bond donors (Lipinski definition) is 0. The largest absolute Gasteiger partial charge is 0.455 e. The van der Waals surface area contributed by atoms with Crippen molar-refractivity contribution in [3.05, 3.63) is 127 Å². The Bertz CT molecular complexity index is 2730. The first kappa shape index (κ1) is 22.7. The second-order valence-corrected chi connectivity index (χ2v) is 11.0. The molecule has 10 aromatic rings. The van der Waals surface area contributed by atoms with Gasteiger partial charge in [-0.25, -0.2) is 9.97 Å². The molecule has 200 valence electrons. The van der Waals surface area contributed by atoms with Crippen LogP contribution in [0.4, 0.5) is 0 Å². The summed E-state index contributed by atoms with van der Waals surface area (Å²) in [6.45, 7) is 0. The molecule has 0 aliphatic carbocycles. The average Bonchev–Trinajstić information content (AvgIpc) is 3.74. The van der Waals surface area contributed by atoms with Gasteiger partial charge < -0.3 is 8.83 Å². The fraction of sp³-hybridized carbons (Fsp3) is 0. The first-order chi connectivity index (χ1) is 21.3. The van der Waals surface area contributed by atoms with E-state index in [9.17, 15) is 0 Å². The molecule has 5 nitrogen and oxygen atoms in total. The first-order valence-corrected chi connectivity index (χ1v) is 14.3. The molecule has 0 fully saturated rings. The first-order valence-electron chi connectivity index (χ1n) is 14.3. The van der Waals surface area contributed by atoms with Crippen LogP contribution in [0.3, 0.4) is 0 Å². The monoisotopic (exact) mass is 551 g/mol. The Morgan fingerprint density at radius 3 is 1.86 bits per heavy atom. The van der Waals surface area contributed by atoms with E-state index in [0.29, 0.717) is 5.95 Å². The number of rotatable bonds is 2. The molecule has 6 aromatic carbocycles. The number of furan rings is 2. The second-order valence-electron chi connectivity index (χ2n) is 11.0. The molecule has 0 unspecified atom stereocenters. The van der Waals surface area contributed by atoms with Crippen molar-refractivity contribution in [3.8, 4) is 17.2 Å². The zero-order chi connectivity index (χ0) is 28.1. The number of para-hydroxylation sites is 3.